The van der Waals surface area contributed by atoms with Crippen molar-refractivity contribution in [1.29, 1.82) is 0 Å². The van der Waals surface area contributed by atoms with Crippen LogP contribution in [-0.2, 0) is 4.65 Å². The molecule has 0 unspecified atom stereocenters. The molecule has 0 saturated carbocycles. The molecule has 1 radical (unpaired) electrons. The molecule has 4 nitrogen and oxygen atoms in total. The Morgan fingerprint density at radius 2 is 2.20 bits per heavy atom. The third kappa shape index (κ3) is 7.90. The number of nitrogens with one attached hydrogen (secondary N) is 2. The smallest absolute Gasteiger partial charge is 0.395 e. The normalized spacial score (nSPS) is 9.80. The largest absolute Gasteiger partial charge is 0.427 e. The molecule has 10 heavy (non-hydrogen) atoms. The van der Waals surface area contributed by atoms with Crippen LogP contribution in [0.25, 0.3) is 0 Å². The Hall–Kier alpha value is -0.0951. The van der Waals surface area contributed by atoms with Crippen LogP contribution in [0.15, 0.2) is 0 Å². The minimum Gasteiger partial charge on any atom is -0.427 e. The molecule has 0 aliphatic carbocycles. The highest BCUT2D eigenvalue weighted by Crippen LogP contribution is 1.57. The molecule has 0 aromatic rings. The minimum atomic E-state index is 0.688. The van der Waals surface area contributed by atoms with Gasteiger partial charge in [-0.2, -0.15) is 0 Å². The summed E-state index contributed by atoms with van der Waals surface area (Å²) in [6, 6.07) is 0. The van der Waals surface area contributed by atoms with Gasteiger partial charge in [-0.15, -0.1) is 0 Å². The van der Waals surface area contributed by atoms with E-state index in [1.807, 2.05) is 0 Å². The summed E-state index contributed by atoms with van der Waals surface area (Å²) in [5.74, 6) is 0. The lowest BCUT2D eigenvalue weighted by molar-refractivity contribution is 0.430. The van der Waals surface area contributed by atoms with Gasteiger partial charge in [-0.05, 0) is 6.54 Å². The van der Waals surface area contributed by atoms with Gasteiger partial charge in [0, 0.05) is 26.7 Å². The summed E-state index contributed by atoms with van der Waals surface area (Å²) in [7, 11) is 3.17. The van der Waals surface area contributed by atoms with E-state index in [0.29, 0.717) is 6.54 Å². The van der Waals surface area contributed by atoms with Crippen molar-refractivity contribution >= 4 is 7.62 Å². The van der Waals surface area contributed by atoms with Crippen LogP contribution < -0.4 is 16.3 Å². The second-order valence-electron chi connectivity index (χ2n) is 1.85. The summed E-state index contributed by atoms with van der Waals surface area (Å²) >= 11 is 0. The maximum absolute atomic E-state index is 5.25. The zero-order chi connectivity index (χ0) is 7.66. The van der Waals surface area contributed by atoms with Gasteiger partial charge >= 0.3 is 7.62 Å². The third-order valence-corrected chi connectivity index (χ3v) is 0.968. The molecule has 0 rings (SSSR count). The maximum Gasteiger partial charge on any atom is 0.395 e. The van der Waals surface area contributed by atoms with E-state index in [4.69, 9.17) is 5.73 Å². The van der Waals surface area contributed by atoms with Gasteiger partial charge in [-0.25, -0.2) is 0 Å². The topological polar surface area (TPSA) is 59.3 Å². The molecule has 0 spiro atoms. The molecule has 0 amide bonds. The summed E-state index contributed by atoms with van der Waals surface area (Å²) < 4.78 is 4.66. The molecule has 0 heterocycles. The number of hydrogen-bond acceptors (Lipinski definition) is 4. The highest BCUT2D eigenvalue weighted by Gasteiger charge is 1.87. The molecule has 4 N–H and O–H groups in total. The van der Waals surface area contributed by atoms with Crippen LogP contribution in [0.5, 0.6) is 0 Å². The molecule has 59 valence electrons. The van der Waals surface area contributed by atoms with Gasteiger partial charge in [-0.3, -0.25) is 0 Å². The molecular weight excluding hydrogens is 129 g/mol. The van der Waals surface area contributed by atoms with Crippen molar-refractivity contribution in [2.75, 3.05) is 33.3 Å². The van der Waals surface area contributed by atoms with Crippen molar-refractivity contribution in [2.45, 2.75) is 0 Å². The van der Waals surface area contributed by atoms with Crippen molar-refractivity contribution in [3.8, 4) is 0 Å². The standard InChI is InChI=1S/C5H15BN3O/c1-10-6-9-5-4-8-3-2-7/h8-9H,2-5,7H2,1H3. The highest BCUT2D eigenvalue weighted by molar-refractivity contribution is 6.23. The van der Waals surface area contributed by atoms with Crippen LogP contribution in [-0.4, -0.2) is 40.9 Å². The Labute approximate surface area is 62.8 Å². The zero-order valence-electron chi connectivity index (χ0n) is 6.39. The zero-order valence-corrected chi connectivity index (χ0v) is 6.39. The Balaban J connectivity index is 2.65. The predicted molar refractivity (Wildman–Crippen MR) is 42.7 cm³/mol. The van der Waals surface area contributed by atoms with Crippen molar-refractivity contribution in [3.63, 3.8) is 0 Å². The van der Waals surface area contributed by atoms with Crippen LogP contribution in [0.3, 0.4) is 0 Å². The van der Waals surface area contributed by atoms with Gasteiger partial charge in [0.15, 0.2) is 0 Å². The van der Waals surface area contributed by atoms with E-state index < -0.39 is 0 Å². The molecule has 0 aliphatic heterocycles. The van der Waals surface area contributed by atoms with Crippen molar-refractivity contribution < 1.29 is 4.65 Å². The van der Waals surface area contributed by atoms with Crippen LogP contribution >= 0.6 is 0 Å². The van der Waals surface area contributed by atoms with Crippen LogP contribution in [0.1, 0.15) is 0 Å². The second-order valence-corrected chi connectivity index (χ2v) is 1.85. The Kier molecular flexibility index (Phi) is 8.82. The van der Waals surface area contributed by atoms with Gasteiger partial charge in [0.2, 0.25) is 0 Å². The fourth-order valence-corrected chi connectivity index (χ4v) is 0.530. The molecular formula is C5H15BN3O. The predicted octanol–water partition coefficient (Wildman–Crippen LogP) is -1.70. The maximum atomic E-state index is 5.25. The third-order valence-electron chi connectivity index (χ3n) is 0.968. The molecule has 0 aromatic heterocycles. The first-order valence-electron chi connectivity index (χ1n) is 3.40. The quantitative estimate of drug-likeness (QED) is 0.294. The molecule has 5 heteroatoms. The van der Waals surface area contributed by atoms with E-state index >= 15 is 0 Å². The van der Waals surface area contributed by atoms with E-state index in [9.17, 15) is 0 Å². The van der Waals surface area contributed by atoms with E-state index in [0.717, 1.165) is 19.6 Å². The van der Waals surface area contributed by atoms with Gasteiger partial charge < -0.3 is 20.9 Å². The van der Waals surface area contributed by atoms with Gasteiger partial charge in [0.05, 0.1) is 0 Å². The van der Waals surface area contributed by atoms with Crippen LogP contribution in [0, 0.1) is 0 Å². The summed E-state index contributed by atoms with van der Waals surface area (Å²) in [6.07, 6.45) is 0. The van der Waals surface area contributed by atoms with Gasteiger partial charge in [0.25, 0.3) is 0 Å². The summed E-state index contributed by atoms with van der Waals surface area (Å²) in [5.41, 5.74) is 5.25. The lowest BCUT2D eigenvalue weighted by Gasteiger charge is -2.02. The van der Waals surface area contributed by atoms with E-state index in [-0.39, 0.29) is 0 Å². The molecule has 0 aliphatic rings. The lowest BCUT2D eigenvalue weighted by atomic mass is 10.3. The Bertz CT molecular complexity index is 56.9. The van der Waals surface area contributed by atoms with Gasteiger partial charge in [-0.1, -0.05) is 0 Å². The summed E-state index contributed by atoms with van der Waals surface area (Å²) in [4.78, 5) is 0. The fourth-order valence-electron chi connectivity index (χ4n) is 0.530. The second kappa shape index (κ2) is 8.90. The van der Waals surface area contributed by atoms with Crippen molar-refractivity contribution in [1.82, 2.24) is 10.5 Å². The average molecular weight is 144 g/mol. The van der Waals surface area contributed by atoms with Crippen molar-refractivity contribution in [3.05, 3.63) is 0 Å². The van der Waals surface area contributed by atoms with Gasteiger partial charge in [0.1, 0.15) is 0 Å². The molecule has 0 saturated heterocycles. The Morgan fingerprint density at radius 1 is 1.40 bits per heavy atom. The summed E-state index contributed by atoms with van der Waals surface area (Å²) in [5, 5.41) is 6.07. The molecule has 0 bridgehead atoms. The van der Waals surface area contributed by atoms with Crippen LogP contribution in [0.4, 0.5) is 0 Å². The highest BCUT2D eigenvalue weighted by atomic mass is 16.4. The first kappa shape index (κ1) is 9.90. The fraction of sp³-hybridized carbons (Fsp3) is 1.00. The van der Waals surface area contributed by atoms with E-state index in [1.54, 1.807) is 14.7 Å². The van der Waals surface area contributed by atoms with Crippen molar-refractivity contribution in [2.24, 2.45) is 5.73 Å². The summed E-state index contributed by atoms with van der Waals surface area (Å²) in [6.45, 7) is 3.34. The monoisotopic (exact) mass is 144 g/mol. The lowest BCUT2D eigenvalue weighted by Crippen LogP contribution is -2.32. The number of hydrogen-bond donors (Lipinski definition) is 3. The SMILES string of the molecule is CO[B]NCCNCCN. The molecule has 0 fully saturated rings. The minimum absolute atomic E-state index is 0.688. The number of rotatable bonds is 7. The number of nitrogens with two attached hydrogens (primary N) is 1. The van der Waals surface area contributed by atoms with Crippen LogP contribution in [0.2, 0.25) is 0 Å². The first-order valence-corrected chi connectivity index (χ1v) is 3.40. The Morgan fingerprint density at radius 3 is 2.80 bits per heavy atom. The molecule has 0 atom stereocenters. The first-order chi connectivity index (χ1) is 4.91. The van der Waals surface area contributed by atoms with E-state index in [1.165, 1.54) is 0 Å². The molecule has 0 aromatic carbocycles. The van der Waals surface area contributed by atoms with E-state index in [2.05, 4.69) is 15.2 Å². The average Bonchev–Trinajstić information content (AvgIpc) is 1.97.